The number of carboxylic acids is 1. The Hall–Kier alpha value is -1.43. The Morgan fingerprint density at radius 2 is 2.20 bits per heavy atom. The molecule has 1 aromatic rings. The van der Waals surface area contributed by atoms with Gasteiger partial charge in [0, 0.05) is 17.6 Å². The zero-order valence-corrected chi connectivity index (χ0v) is 12.7. The summed E-state index contributed by atoms with van der Waals surface area (Å²) in [5.74, 6) is -1.69. The smallest absolute Gasteiger partial charge is 0.307 e. The first-order valence-corrected chi connectivity index (χ1v) is 8.03. The van der Waals surface area contributed by atoms with Crippen LogP contribution in [0.2, 0.25) is 0 Å². The molecule has 20 heavy (non-hydrogen) atoms. The summed E-state index contributed by atoms with van der Waals surface area (Å²) in [6, 6.07) is 6.33. The molecular weight excluding hydrogens is 348 g/mol. The summed E-state index contributed by atoms with van der Waals surface area (Å²) in [4.78, 5) is 10.8. The van der Waals surface area contributed by atoms with Crippen LogP contribution in [-0.4, -0.2) is 36.9 Å². The van der Waals surface area contributed by atoms with Crippen LogP contribution in [0.15, 0.2) is 27.6 Å². The number of hydrogen-bond acceptors (Lipinski definition) is 4. The van der Waals surface area contributed by atoms with Crippen molar-refractivity contribution in [2.45, 2.75) is 11.3 Å². The molecule has 1 aliphatic rings. The van der Waals surface area contributed by atoms with E-state index in [1.54, 1.807) is 6.07 Å². The fourth-order valence-corrected chi connectivity index (χ4v) is 4.37. The maximum Gasteiger partial charge on any atom is 0.307 e. The maximum atomic E-state index is 12.5. The molecule has 1 aliphatic heterocycles. The molecule has 6 nitrogen and oxygen atoms in total. The molecule has 1 atom stereocenters. The molecule has 0 radical (unpaired) electrons. The number of aliphatic carboxylic acids is 1. The molecule has 1 N–H and O–H groups in total. The van der Waals surface area contributed by atoms with Crippen LogP contribution < -0.4 is 0 Å². The predicted octanol–water partition coefficient (Wildman–Crippen LogP) is 1.42. The summed E-state index contributed by atoms with van der Waals surface area (Å²) in [6.07, 6.45) is 0.282. The van der Waals surface area contributed by atoms with Gasteiger partial charge in [-0.1, -0.05) is 6.07 Å². The van der Waals surface area contributed by atoms with E-state index in [1.165, 1.54) is 12.1 Å². The third-order valence-electron chi connectivity index (χ3n) is 3.21. The van der Waals surface area contributed by atoms with Gasteiger partial charge in [0.15, 0.2) is 0 Å². The van der Waals surface area contributed by atoms with E-state index < -0.39 is 21.9 Å². The molecule has 1 fully saturated rings. The molecule has 1 heterocycles. The molecule has 1 saturated heterocycles. The van der Waals surface area contributed by atoms with Crippen molar-refractivity contribution in [2.24, 2.45) is 5.92 Å². The SMILES string of the molecule is N#Cc1c(Br)cccc1S(=O)(=O)N1CCC(C(=O)O)C1. The summed E-state index contributed by atoms with van der Waals surface area (Å²) >= 11 is 3.14. The van der Waals surface area contributed by atoms with E-state index in [0.29, 0.717) is 4.47 Å². The van der Waals surface area contributed by atoms with Gasteiger partial charge in [0.2, 0.25) is 10.0 Å². The molecule has 0 aromatic heterocycles. The molecular formula is C12H11BrN2O4S. The van der Waals surface area contributed by atoms with Crippen molar-refractivity contribution in [1.29, 1.82) is 5.26 Å². The van der Waals surface area contributed by atoms with Crippen molar-refractivity contribution < 1.29 is 18.3 Å². The monoisotopic (exact) mass is 358 g/mol. The number of carboxylic acid groups (broad SMARTS) is 1. The van der Waals surface area contributed by atoms with Crippen molar-refractivity contribution in [3.8, 4) is 6.07 Å². The fraction of sp³-hybridized carbons (Fsp3) is 0.333. The van der Waals surface area contributed by atoms with Gasteiger partial charge in [-0.3, -0.25) is 4.79 Å². The second kappa shape index (κ2) is 5.52. The van der Waals surface area contributed by atoms with Gasteiger partial charge in [-0.15, -0.1) is 0 Å². The number of hydrogen-bond donors (Lipinski definition) is 1. The Kier molecular flexibility index (Phi) is 4.13. The fourth-order valence-electron chi connectivity index (χ4n) is 2.11. The lowest BCUT2D eigenvalue weighted by Crippen LogP contribution is -2.30. The van der Waals surface area contributed by atoms with Gasteiger partial charge in [-0.2, -0.15) is 9.57 Å². The Labute approximate surface area is 124 Å². The van der Waals surface area contributed by atoms with E-state index in [0.717, 1.165) is 4.31 Å². The Balaban J connectivity index is 2.41. The average Bonchev–Trinajstić information content (AvgIpc) is 2.88. The average molecular weight is 359 g/mol. The normalized spacial score (nSPS) is 19.7. The minimum absolute atomic E-state index is 0.0336. The number of rotatable bonds is 3. The van der Waals surface area contributed by atoms with Gasteiger partial charge in [0.1, 0.15) is 11.0 Å². The van der Waals surface area contributed by atoms with Crippen LogP contribution in [0, 0.1) is 17.2 Å². The molecule has 0 saturated carbocycles. The number of halogens is 1. The summed E-state index contributed by atoms with van der Waals surface area (Å²) in [6.45, 7) is 0.0890. The Morgan fingerprint density at radius 1 is 1.50 bits per heavy atom. The largest absolute Gasteiger partial charge is 0.481 e. The summed E-state index contributed by atoms with van der Waals surface area (Å²) < 4.78 is 26.5. The van der Waals surface area contributed by atoms with Crippen LogP contribution in [0.4, 0.5) is 0 Å². The van der Waals surface area contributed by atoms with Crippen LogP contribution in [0.5, 0.6) is 0 Å². The van der Waals surface area contributed by atoms with Crippen molar-refractivity contribution in [2.75, 3.05) is 13.1 Å². The molecule has 0 spiro atoms. The van der Waals surface area contributed by atoms with Gasteiger partial charge >= 0.3 is 5.97 Å². The number of benzene rings is 1. The van der Waals surface area contributed by atoms with Crippen LogP contribution in [0.1, 0.15) is 12.0 Å². The van der Waals surface area contributed by atoms with Gasteiger partial charge in [0.25, 0.3) is 0 Å². The van der Waals surface area contributed by atoms with Crippen molar-refractivity contribution in [3.05, 3.63) is 28.2 Å². The van der Waals surface area contributed by atoms with Crippen molar-refractivity contribution in [3.63, 3.8) is 0 Å². The van der Waals surface area contributed by atoms with Gasteiger partial charge in [-0.05, 0) is 34.5 Å². The highest BCUT2D eigenvalue weighted by Gasteiger charge is 2.37. The van der Waals surface area contributed by atoms with E-state index in [4.69, 9.17) is 10.4 Å². The number of sulfonamides is 1. The van der Waals surface area contributed by atoms with Crippen molar-refractivity contribution >= 4 is 31.9 Å². The van der Waals surface area contributed by atoms with Gasteiger partial charge in [0.05, 0.1) is 11.5 Å². The lowest BCUT2D eigenvalue weighted by Gasteiger charge is -2.17. The first-order valence-electron chi connectivity index (χ1n) is 5.79. The van der Waals surface area contributed by atoms with Crippen LogP contribution in [-0.2, 0) is 14.8 Å². The quantitative estimate of drug-likeness (QED) is 0.880. The summed E-state index contributed by atoms with van der Waals surface area (Å²) in [5.41, 5.74) is 0.0336. The second-order valence-electron chi connectivity index (χ2n) is 4.41. The first-order chi connectivity index (χ1) is 9.37. The van der Waals surface area contributed by atoms with Crippen molar-refractivity contribution in [1.82, 2.24) is 4.31 Å². The molecule has 106 valence electrons. The molecule has 2 rings (SSSR count). The van der Waals surface area contributed by atoms with Crippen LogP contribution in [0.25, 0.3) is 0 Å². The standard InChI is InChI=1S/C12H11BrN2O4S/c13-10-2-1-3-11(9(10)6-14)20(18,19)15-5-4-8(7-15)12(16)17/h1-3,8H,4-5,7H2,(H,16,17). The summed E-state index contributed by atoms with van der Waals surface area (Å²) in [5, 5.41) is 18.0. The molecule has 1 unspecified atom stereocenters. The van der Waals surface area contributed by atoms with E-state index in [9.17, 15) is 13.2 Å². The van der Waals surface area contributed by atoms with Gasteiger partial charge in [-0.25, -0.2) is 8.42 Å². The number of nitrogens with zero attached hydrogens (tertiary/aromatic N) is 2. The Morgan fingerprint density at radius 3 is 2.75 bits per heavy atom. The molecule has 8 heteroatoms. The van der Waals surface area contributed by atoms with Crippen LogP contribution >= 0.6 is 15.9 Å². The minimum Gasteiger partial charge on any atom is -0.481 e. The molecule has 0 aliphatic carbocycles. The first kappa shape index (κ1) is 15.0. The molecule has 0 amide bonds. The topological polar surface area (TPSA) is 98.5 Å². The predicted molar refractivity (Wildman–Crippen MR) is 73.4 cm³/mol. The van der Waals surface area contributed by atoms with E-state index in [1.807, 2.05) is 6.07 Å². The zero-order chi connectivity index (χ0) is 14.9. The Bertz CT molecular complexity index is 696. The highest BCUT2D eigenvalue weighted by molar-refractivity contribution is 9.10. The molecule has 1 aromatic carbocycles. The molecule has 0 bridgehead atoms. The van der Waals surface area contributed by atoms with E-state index in [-0.39, 0.29) is 30.0 Å². The highest BCUT2D eigenvalue weighted by Crippen LogP contribution is 2.29. The number of nitriles is 1. The minimum atomic E-state index is -3.85. The third kappa shape index (κ3) is 2.57. The lowest BCUT2D eigenvalue weighted by atomic mass is 10.1. The third-order valence-corrected chi connectivity index (χ3v) is 5.77. The van der Waals surface area contributed by atoms with Crippen LogP contribution in [0.3, 0.4) is 0 Å². The zero-order valence-electron chi connectivity index (χ0n) is 10.3. The highest BCUT2D eigenvalue weighted by atomic mass is 79.9. The van der Waals surface area contributed by atoms with E-state index in [2.05, 4.69) is 15.9 Å². The second-order valence-corrected chi connectivity index (χ2v) is 7.17. The number of carbonyl (C=O) groups is 1. The van der Waals surface area contributed by atoms with E-state index >= 15 is 0 Å². The lowest BCUT2D eigenvalue weighted by molar-refractivity contribution is -0.141. The maximum absolute atomic E-state index is 12.5. The summed E-state index contributed by atoms with van der Waals surface area (Å²) in [7, 11) is -3.85. The van der Waals surface area contributed by atoms with Gasteiger partial charge < -0.3 is 5.11 Å².